The molecular formula is C24H26N4O6. The topological polar surface area (TPSA) is 147 Å². The summed E-state index contributed by atoms with van der Waals surface area (Å²) in [5, 5.41) is 27.1. The van der Waals surface area contributed by atoms with Crippen molar-refractivity contribution in [3.8, 4) is 23.1 Å². The van der Waals surface area contributed by atoms with Crippen molar-refractivity contribution in [2.24, 2.45) is 0 Å². The number of nitrogens with zero attached hydrogens (tertiary/aromatic N) is 3. The Balaban J connectivity index is 0.000000604. The zero-order valence-electron chi connectivity index (χ0n) is 18.9. The summed E-state index contributed by atoms with van der Waals surface area (Å²) in [6.07, 6.45) is 1.87. The zero-order valence-corrected chi connectivity index (χ0v) is 18.9. The quantitative estimate of drug-likeness (QED) is 0.404. The number of carboxylic acid groups (broad SMARTS) is 2. The van der Waals surface area contributed by atoms with Gasteiger partial charge in [0.25, 0.3) is 0 Å². The van der Waals surface area contributed by atoms with E-state index >= 15 is 0 Å². The van der Waals surface area contributed by atoms with E-state index in [0.717, 1.165) is 28.5 Å². The maximum absolute atomic E-state index is 9.10. The van der Waals surface area contributed by atoms with Gasteiger partial charge in [0.05, 0.1) is 36.7 Å². The number of benzene rings is 2. The van der Waals surface area contributed by atoms with Crippen LogP contribution in [0.4, 0.5) is 5.95 Å². The van der Waals surface area contributed by atoms with E-state index in [-0.39, 0.29) is 0 Å². The number of hydrogen-bond acceptors (Lipinski definition) is 7. The van der Waals surface area contributed by atoms with Crippen molar-refractivity contribution >= 4 is 17.9 Å². The van der Waals surface area contributed by atoms with Crippen LogP contribution in [0, 0.1) is 11.3 Å². The minimum atomic E-state index is -1.82. The molecule has 0 spiro atoms. The van der Waals surface area contributed by atoms with Gasteiger partial charge < -0.3 is 29.6 Å². The lowest BCUT2D eigenvalue weighted by atomic mass is 10.1. The van der Waals surface area contributed by atoms with E-state index in [2.05, 4.69) is 20.9 Å². The van der Waals surface area contributed by atoms with Crippen LogP contribution in [-0.4, -0.2) is 52.0 Å². The van der Waals surface area contributed by atoms with Crippen molar-refractivity contribution in [2.45, 2.75) is 20.0 Å². The number of hydrogen-bond donors (Lipinski definition) is 3. The van der Waals surface area contributed by atoms with Gasteiger partial charge >= 0.3 is 11.9 Å². The van der Waals surface area contributed by atoms with E-state index in [4.69, 9.17) is 34.5 Å². The molecule has 10 nitrogen and oxygen atoms in total. The van der Waals surface area contributed by atoms with E-state index in [1.807, 2.05) is 61.7 Å². The summed E-state index contributed by atoms with van der Waals surface area (Å²) in [4.78, 5) is 22.8. The number of methoxy groups -OCH3 is 1. The number of carbonyl (C=O) groups is 2. The first kappa shape index (κ1) is 25.9. The summed E-state index contributed by atoms with van der Waals surface area (Å²) in [6, 6.07) is 17.7. The maximum Gasteiger partial charge on any atom is 0.414 e. The number of anilines is 1. The van der Waals surface area contributed by atoms with Gasteiger partial charge in [-0.15, -0.1) is 0 Å². The van der Waals surface area contributed by atoms with Gasteiger partial charge in [-0.05, 0) is 48.9 Å². The van der Waals surface area contributed by atoms with Crippen LogP contribution in [0.15, 0.2) is 54.7 Å². The van der Waals surface area contributed by atoms with E-state index in [1.165, 1.54) is 0 Å². The molecule has 0 saturated carbocycles. The lowest BCUT2D eigenvalue weighted by Gasteiger charge is -2.13. The van der Waals surface area contributed by atoms with Gasteiger partial charge in [0.2, 0.25) is 5.95 Å². The molecule has 178 valence electrons. The highest BCUT2D eigenvalue weighted by Gasteiger charge is 2.12. The van der Waals surface area contributed by atoms with Gasteiger partial charge in [-0.1, -0.05) is 12.1 Å². The van der Waals surface area contributed by atoms with Crippen LogP contribution in [0.1, 0.15) is 18.1 Å². The highest BCUT2D eigenvalue weighted by Crippen LogP contribution is 2.26. The van der Waals surface area contributed by atoms with Crippen molar-refractivity contribution in [3.63, 3.8) is 0 Å². The van der Waals surface area contributed by atoms with Crippen LogP contribution in [0.3, 0.4) is 0 Å². The SMILES string of the molecule is CCOc1ccc(-c2cnc(NCc3ccc(C#N)cc3)n2CCOC)cc1.O=C(O)C(=O)O. The van der Waals surface area contributed by atoms with Crippen LogP contribution in [0.2, 0.25) is 0 Å². The molecule has 3 N–H and O–H groups in total. The monoisotopic (exact) mass is 466 g/mol. The summed E-state index contributed by atoms with van der Waals surface area (Å²) >= 11 is 0. The largest absolute Gasteiger partial charge is 0.494 e. The molecule has 34 heavy (non-hydrogen) atoms. The molecular weight excluding hydrogens is 440 g/mol. The molecule has 1 aromatic heterocycles. The fourth-order valence-corrected chi connectivity index (χ4v) is 2.92. The van der Waals surface area contributed by atoms with E-state index in [1.54, 1.807) is 7.11 Å². The molecule has 0 saturated heterocycles. The van der Waals surface area contributed by atoms with E-state index in [9.17, 15) is 0 Å². The average molecular weight is 466 g/mol. The molecule has 0 aliphatic rings. The summed E-state index contributed by atoms with van der Waals surface area (Å²) in [7, 11) is 1.69. The van der Waals surface area contributed by atoms with E-state index in [0.29, 0.717) is 31.9 Å². The van der Waals surface area contributed by atoms with Gasteiger partial charge in [0, 0.05) is 25.8 Å². The van der Waals surface area contributed by atoms with Gasteiger partial charge in [-0.25, -0.2) is 14.6 Å². The second kappa shape index (κ2) is 13.2. The molecule has 2 aromatic carbocycles. The molecule has 0 amide bonds. The molecule has 0 aliphatic heterocycles. The van der Waals surface area contributed by atoms with Gasteiger partial charge in [-0.3, -0.25) is 0 Å². The predicted octanol–water partition coefficient (Wildman–Crippen LogP) is 3.23. The van der Waals surface area contributed by atoms with E-state index < -0.39 is 11.9 Å². The Kier molecular flexibility index (Phi) is 10.1. The maximum atomic E-state index is 9.10. The van der Waals surface area contributed by atoms with Crippen LogP contribution < -0.4 is 10.1 Å². The molecule has 10 heteroatoms. The second-order valence-corrected chi connectivity index (χ2v) is 6.84. The van der Waals surface area contributed by atoms with Crippen LogP contribution in [0.5, 0.6) is 5.75 Å². The number of aliphatic carboxylic acids is 2. The van der Waals surface area contributed by atoms with Gasteiger partial charge in [0.1, 0.15) is 5.75 Å². The van der Waals surface area contributed by atoms with Gasteiger partial charge in [-0.2, -0.15) is 5.26 Å². The number of nitrogens with one attached hydrogen (secondary N) is 1. The lowest BCUT2D eigenvalue weighted by molar-refractivity contribution is -0.159. The predicted molar refractivity (Wildman–Crippen MR) is 124 cm³/mol. The summed E-state index contributed by atoms with van der Waals surface area (Å²) in [5.41, 5.74) is 3.83. The van der Waals surface area contributed by atoms with Gasteiger partial charge in [0.15, 0.2) is 0 Å². The highest BCUT2D eigenvalue weighted by atomic mass is 16.5. The third kappa shape index (κ3) is 7.65. The normalized spacial score (nSPS) is 9.91. The third-order valence-electron chi connectivity index (χ3n) is 4.55. The fourth-order valence-electron chi connectivity index (χ4n) is 2.92. The standard InChI is InChI=1S/C22H24N4O2.C2H2O4/c1-3-28-20-10-8-19(9-11-20)21-16-25-22(26(21)12-13-27-2)24-15-18-6-4-17(14-23)5-7-18;3-1(4)2(5)6/h4-11,16H,3,12-13,15H2,1-2H3,(H,24,25);(H,3,4)(H,5,6). The minimum absolute atomic E-state index is 0.589. The molecule has 0 aliphatic carbocycles. The van der Waals surface area contributed by atoms with Crippen molar-refractivity contribution in [2.75, 3.05) is 25.6 Å². The fraction of sp³-hybridized carbons (Fsp3) is 0.250. The van der Waals surface area contributed by atoms with Crippen molar-refractivity contribution in [1.29, 1.82) is 5.26 Å². The third-order valence-corrected chi connectivity index (χ3v) is 4.55. The number of nitriles is 1. The number of aromatic nitrogens is 2. The Bertz CT molecular complexity index is 1110. The number of imidazole rings is 1. The van der Waals surface area contributed by atoms with Crippen LogP contribution in [0.25, 0.3) is 11.3 Å². The Morgan fingerprint density at radius 2 is 1.74 bits per heavy atom. The average Bonchev–Trinajstić information content (AvgIpc) is 3.25. The highest BCUT2D eigenvalue weighted by molar-refractivity contribution is 6.27. The van der Waals surface area contributed by atoms with Crippen LogP contribution >= 0.6 is 0 Å². The number of carboxylic acids is 2. The second-order valence-electron chi connectivity index (χ2n) is 6.84. The molecule has 0 bridgehead atoms. The van der Waals surface area contributed by atoms with Crippen molar-refractivity contribution in [3.05, 3.63) is 65.9 Å². The molecule has 0 radical (unpaired) electrons. The summed E-state index contributed by atoms with van der Waals surface area (Å²) in [5.74, 6) is -2.01. The zero-order chi connectivity index (χ0) is 24.9. The summed E-state index contributed by atoms with van der Waals surface area (Å²) < 4.78 is 12.9. The van der Waals surface area contributed by atoms with Crippen molar-refractivity contribution < 1.29 is 29.3 Å². The Morgan fingerprint density at radius 1 is 1.09 bits per heavy atom. The smallest absolute Gasteiger partial charge is 0.414 e. The molecule has 0 atom stereocenters. The first-order valence-corrected chi connectivity index (χ1v) is 10.4. The molecule has 1 heterocycles. The van der Waals surface area contributed by atoms with Crippen LogP contribution in [-0.2, 0) is 27.4 Å². The molecule has 0 fully saturated rings. The number of ether oxygens (including phenoxy) is 2. The first-order valence-electron chi connectivity index (χ1n) is 10.4. The summed E-state index contributed by atoms with van der Waals surface area (Å²) in [6.45, 7) is 4.52. The first-order chi connectivity index (χ1) is 16.4. The lowest BCUT2D eigenvalue weighted by Crippen LogP contribution is -2.11. The van der Waals surface area contributed by atoms with Crippen molar-refractivity contribution in [1.82, 2.24) is 9.55 Å². The molecule has 3 aromatic rings. The Hall–Kier alpha value is -4.36. The molecule has 0 unspecified atom stereocenters. The Labute approximate surface area is 197 Å². The Morgan fingerprint density at radius 3 is 2.26 bits per heavy atom. The minimum Gasteiger partial charge on any atom is -0.494 e. The number of rotatable bonds is 9. The molecule has 3 rings (SSSR count).